The largest absolute Gasteiger partial charge is 0.295 e. The molecule has 0 amide bonds. The zero-order valence-electron chi connectivity index (χ0n) is 11.2. The highest BCUT2D eigenvalue weighted by Gasteiger charge is 2.32. The highest BCUT2D eigenvalue weighted by molar-refractivity contribution is 5.91. The highest BCUT2D eigenvalue weighted by atomic mass is 16.1. The molecule has 0 aromatic rings. The first-order chi connectivity index (χ1) is 8.08. The van der Waals surface area contributed by atoms with E-state index in [1.54, 1.807) is 0 Å². The average molecular weight is 232 g/mol. The van der Waals surface area contributed by atoms with Crippen LogP contribution in [0.4, 0.5) is 0 Å². The van der Waals surface area contributed by atoms with E-state index in [9.17, 15) is 4.79 Å². The Balaban J connectivity index is 2.19. The normalized spacial score (nSPS) is 34.4. The van der Waals surface area contributed by atoms with Crippen molar-refractivity contribution < 1.29 is 4.79 Å². The van der Waals surface area contributed by atoms with E-state index in [2.05, 4.69) is 20.4 Å². The zero-order chi connectivity index (χ0) is 12.4. The van der Waals surface area contributed by atoms with Gasteiger partial charge in [0.25, 0.3) is 0 Å². The number of hydrogen-bond donors (Lipinski definition) is 0. The molecule has 0 heterocycles. The number of rotatable bonds is 2. The number of allylic oxidation sites excluding steroid dienone is 3. The predicted molar refractivity (Wildman–Crippen MR) is 71.8 cm³/mol. The van der Waals surface area contributed by atoms with Crippen molar-refractivity contribution in [1.82, 2.24) is 0 Å². The Morgan fingerprint density at radius 2 is 2.12 bits per heavy atom. The van der Waals surface area contributed by atoms with Gasteiger partial charge >= 0.3 is 0 Å². The molecule has 2 rings (SSSR count). The molecule has 0 spiro atoms. The molecule has 1 nitrogen and oxygen atoms in total. The maximum absolute atomic E-state index is 11.6. The lowest BCUT2D eigenvalue weighted by Gasteiger charge is -2.37. The fourth-order valence-electron chi connectivity index (χ4n) is 3.49. The minimum Gasteiger partial charge on any atom is -0.295 e. The van der Waals surface area contributed by atoms with Crippen LogP contribution in [0.25, 0.3) is 0 Å². The van der Waals surface area contributed by atoms with E-state index >= 15 is 0 Å². The highest BCUT2D eigenvalue weighted by Crippen LogP contribution is 2.43. The quantitative estimate of drug-likeness (QED) is 0.649. The predicted octanol–water partition coefficient (Wildman–Crippen LogP) is 4.29. The van der Waals surface area contributed by atoms with E-state index in [1.807, 2.05) is 6.08 Å². The third kappa shape index (κ3) is 2.88. The van der Waals surface area contributed by atoms with Gasteiger partial charge in [-0.2, -0.15) is 0 Å². The number of ketones is 1. The van der Waals surface area contributed by atoms with Crippen molar-refractivity contribution in [3.8, 4) is 0 Å². The van der Waals surface area contributed by atoms with Crippen molar-refractivity contribution in [2.75, 3.05) is 0 Å². The van der Waals surface area contributed by atoms with Gasteiger partial charge in [-0.1, -0.05) is 31.1 Å². The lowest BCUT2D eigenvalue weighted by molar-refractivity contribution is -0.115. The number of carbonyl (C=O) groups is 1. The molecule has 0 N–H and O–H groups in total. The molecule has 1 heteroatoms. The van der Waals surface area contributed by atoms with Gasteiger partial charge in [0.2, 0.25) is 0 Å². The van der Waals surface area contributed by atoms with Crippen LogP contribution in [0.3, 0.4) is 0 Å². The summed E-state index contributed by atoms with van der Waals surface area (Å²) in [5, 5.41) is 0. The van der Waals surface area contributed by atoms with E-state index in [4.69, 9.17) is 0 Å². The molecule has 17 heavy (non-hydrogen) atoms. The Morgan fingerprint density at radius 3 is 2.76 bits per heavy atom. The maximum atomic E-state index is 11.6. The lowest BCUT2D eigenvalue weighted by atomic mass is 9.67. The molecule has 0 radical (unpaired) electrons. The molecule has 0 aromatic carbocycles. The van der Waals surface area contributed by atoms with E-state index in [0.29, 0.717) is 17.6 Å². The van der Waals surface area contributed by atoms with Crippen LogP contribution in [0, 0.1) is 17.8 Å². The van der Waals surface area contributed by atoms with Crippen LogP contribution in [0.15, 0.2) is 23.8 Å². The van der Waals surface area contributed by atoms with Crippen LogP contribution in [-0.2, 0) is 4.79 Å². The summed E-state index contributed by atoms with van der Waals surface area (Å²) >= 11 is 0. The minimum absolute atomic E-state index is 0.338. The molecule has 0 aromatic heterocycles. The van der Waals surface area contributed by atoms with Crippen molar-refractivity contribution in [2.45, 2.75) is 52.4 Å². The molecular formula is C16H24O. The van der Waals surface area contributed by atoms with Crippen molar-refractivity contribution in [3.05, 3.63) is 23.8 Å². The fourth-order valence-corrected chi connectivity index (χ4v) is 3.49. The van der Waals surface area contributed by atoms with Crippen LogP contribution >= 0.6 is 0 Å². The fraction of sp³-hybridized carbons (Fsp3) is 0.688. The summed E-state index contributed by atoms with van der Waals surface area (Å²) in [6.07, 6.45) is 8.70. The third-order valence-electron chi connectivity index (χ3n) is 4.46. The Bertz CT molecular complexity index is 351. The lowest BCUT2D eigenvalue weighted by Crippen LogP contribution is -2.27. The Hall–Kier alpha value is -0.850. The first-order valence-electron chi connectivity index (χ1n) is 6.96. The monoisotopic (exact) mass is 232 g/mol. The van der Waals surface area contributed by atoms with Crippen LogP contribution in [-0.4, -0.2) is 5.78 Å². The van der Waals surface area contributed by atoms with E-state index < -0.39 is 0 Å². The molecule has 3 atom stereocenters. The van der Waals surface area contributed by atoms with Gasteiger partial charge < -0.3 is 0 Å². The van der Waals surface area contributed by atoms with Crippen molar-refractivity contribution in [2.24, 2.45) is 17.8 Å². The smallest absolute Gasteiger partial charge is 0.155 e. The molecular weight excluding hydrogens is 208 g/mol. The van der Waals surface area contributed by atoms with Gasteiger partial charge in [0.15, 0.2) is 5.78 Å². The topological polar surface area (TPSA) is 17.1 Å². The standard InChI is InChI=1S/C16H24O/c1-11(2)15-8-7-12(3)9-16(15)13-5-4-6-14(17)10-13/h10,12,15-16H,1,4-9H2,2-3H3/t12-,15+,16+/m1/s1. The molecule has 0 saturated heterocycles. The van der Waals surface area contributed by atoms with E-state index in [-0.39, 0.29) is 0 Å². The van der Waals surface area contributed by atoms with Crippen LogP contribution < -0.4 is 0 Å². The van der Waals surface area contributed by atoms with Gasteiger partial charge in [-0.05, 0) is 56.4 Å². The first kappa shape index (κ1) is 12.6. The summed E-state index contributed by atoms with van der Waals surface area (Å²) in [6, 6.07) is 0. The van der Waals surface area contributed by atoms with Crippen molar-refractivity contribution in [3.63, 3.8) is 0 Å². The summed E-state index contributed by atoms with van der Waals surface area (Å²) < 4.78 is 0. The minimum atomic E-state index is 0.338. The molecule has 1 fully saturated rings. The zero-order valence-corrected chi connectivity index (χ0v) is 11.2. The van der Waals surface area contributed by atoms with Gasteiger partial charge in [0, 0.05) is 6.42 Å². The summed E-state index contributed by atoms with van der Waals surface area (Å²) in [5.41, 5.74) is 2.72. The first-order valence-corrected chi connectivity index (χ1v) is 6.96. The number of carbonyl (C=O) groups excluding carboxylic acids is 1. The second-order valence-corrected chi connectivity index (χ2v) is 6.02. The van der Waals surface area contributed by atoms with Gasteiger partial charge in [-0.25, -0.2) is 0 Å². The van der Waals surface area contributed by atoms with Gasteiger partial charge in [-0.3, -0.25) is 4.79 Å². The molecule has 2 aliphatic rings. The van der Waals surface area contributed by atoms with Crippen LogP contribution in [0.5, 0.6) is 0 Å². The van der Waals surface area contributed by atoms with Crippen molar-refractivity contribution >= 4 is 5.78 Å². The summed E-state index contributed by atoms with van der Waals surface area (Å²) in [5.74, 6) is 2.35. The SMILES string of the molecule is C=C(C)[C@@H]1CC[C@@H](C)C[C@H]1C1=CC(=O)CCC1. The summed E-state index contributed by atoms with van der Waals surface area (Å²) in [6.45, 7) is 8.65. The second-order valence-electron chi connectivity index (χ2n) is 6.02. The Morgan fingerprint density at radius 1 is 1.35 bits per heavy atom. The molecule has 0 bridgehead atoms. The molecule has 0 aliphatic heterocycles. The second kappa shape index (κ2) is 5.20. The molecule has 0 unspecified atom stereocenters. The van der Waals surface area contributed by atoms with Crippen molar-refractivity contribution in [1.29, 1.82) is 0 Å². The maximum Gasteiger partial charge on any atom is 0.155 e. The van der Waals surface area contributed by atoms with E-state index in [0.717, 1.165) is 25.2 Å². The van der Waals surface area contributed by atoms with Crippen LogP contribution in [0.1, 0.15) is 52.4 Å². The van der Waals surface area contributed by atoms with Gasteiger partial charge in [-0.15, -0.1) is 0 Å². The summed E-state index contributed by atoms with van der Waals surface area (Å²) in [4.78, 5) is 11.6. The molecule has 2 aliphatic carbocycles. The van der Waals surface area contributed by atoms with Crippen LogP contribution in [0.2, 0.25) is 0 Å². The Kier molecular flexibility index (Phi) is 3.86. The number of hydrogen-bond acceptors (Lipinski definition) is 1. The average Bonchev–Trinajstić information content (AvgIpc) is 2.28. The summed E-state index contributed by atoms with van der Waals surface area (Å²) in [7, 11) is 0. The molecule has 1 saturated carbocycles. The van der Waals surface area contributed by atoms with Gasteiger partial charge in [0.05, 0.1) is 0 Å². The molecule has 94 valence electrons. The third-order valence-corrected chi connectivity index (χ3v) is 4.46. The van der Waals surface area contributed by atoms with E-state index in [1.165, 1.54) is 30.4 Å². The Labute approximate surface area is 105 Å². The van der Waals surface area contributed by atoms with Gasteiger partial charge in [0.1, 0.15) is 0 Å².